The van der Waals surface area contributed by atoms with E-state index in [2.05, 4.69) is 42.3 Å². The predicted molar refractivity (Wildman–Crippen MR) is 99.5 cm³/mol. The Morgan fingerprint density at radius 1 is 1.17 bits per heavy atom. The van der Waals surface area contributed by atoms with Crippen LogP contribution < -0.4 is 11.1 Å². The Hall–Kier alpha value is -2.76. The number of nitrogens with two attached hydrogens (primary N) is 1. The van der Waals surface area contributed by atoms with E-state index in [1.165, 1.54) is 11.3 Å². The maximum absolute atomic E-state index is 9.43. The first-order valence-electron chi connectivity index (χ1n) is 6.85. The monoisotopic (exact) mass is 398 g/mol. The zero-order valence-corrected chi connectivity index (χ0v) is 14.7. The molecule has 0 aliphatic carbocycles. The minimum absolute atomic E-state index is 0.0481. The molecule has 3 rings (SSSR count). The van der Waals surface area contributed by atoms with Gasteiger partial charge in [-0.2, -0.15) is 20.2 Å². The normalized spacial score (nSPS) is 11.1. The summed E-state index contributed by atoms with van der Waals surface area (Å²) in [6.45, 7) is 0. The Balaban J connectivity index is 1.95. The number of anilines is 3. The van der Waals surface area contributed by atoms with Gasteiger partial charge in [0.05, 0.1) is 9.36 Å². The lowest BCUT2D eigenvalue weighted by Crippen LogP contribution is -2.06. The lowest BCUT2D eigenvalue weighted by Gasteiger charge is -2.06. The van der Waals surface area contributed by atoms with E-state index in [0.29, 0.717) is 5.57 Å². The van der Waals surface area contributed by atoms with Crippen LogP contribution in [0.15, 0.2) is 46.3 Å². The standard InChI is InChI=1S/C16H11BrN6S/c17-13-7-6-12(24-13)8-10(9-18)14-21-15(19)23-16(22-14)20-11-4-2-1-3-5-11/h1-8H,(H3,19,20,21,22,23)/b10-8+. The van der Waals surface area contributed by atoms with E-state index in [4.69, 9.17) is 5.73 Å². The summed E-state index contributed by atoms with van der Waals surface area (Å²) in [7, 11) is 0. The number of nitrogen functional groups attached to an aromatic ring is 1. The number of allylic oxidation sites excluding steroid dienone is 1. The molecule has 0 bridgehead atoms. The van der Waals surface area contributed by atoms with Crippen molar-refractivity contribution in [2.75, 3.05) is 11.1 Å². The Labute approximate surface area is 150 Å². The molecule has 0 aliphatic heterocycles. The lowest BCUT2D eigenvalue weighted by atomic mass is 10.2. The van der Waals surface area contributed by atoms with Gasteiger partial charge >= 0.3 is 0 Å². The number of aromatic nitrogens is 3. The molecule has 0 atom stereocenters. The van der Waals surface area contributed by atoms with Gasteiger partial charge in [-0.3, -0.25) is 0 Å². The smallest absolute Gasteiger partial charge is 0.232 e. The van der Waals surface area contributed by atoms with Gasteiger partial charge in [-0.1, -0.05) is 18.2 Å². The van der Waals surface area contributed by atoms with Crippen molar-refractivity contribution >= 4 is 56.5 Å². The summed E-state index contributed by atoms with van der Waals surface area (Å²) >= 11 is 4.90. The van der Waals surface area contributed by atoms with Crippen LogP contribution in [0.5, 0.6) is 0 Å². The van der Waals surface area contributed by atoms with Gasteiger partial charge in [-0.25, -0.2) is 0 Å². The number of para-hydroxylation sites is 1. The zero-order chi connectivity index (χ0) is 16.9. The van der Waals surface area contributed by atoms with Crippen LogP contribution in [-0.4, -0.2) is 15.0 Å². The van der Waals surface area contributed by atoms with Crippen molar-refractivity contribution in [1.82, 2.24) is 15.0 Å². The molecule has 0 saturated carbocycles. The van der Waals surface area contributed by atoms with E-state index in [1.54, 1.807) is 6.08 Å². The van der Waals surface area contributed by atoms with Gasteiger partial charge in [0.2, 0.25) is 11.9 Å². The number of nitrogens with one attached hydrogen (secondary N) is 1. The molecule has 1 aromatic carbocycles. The average Bonchev–Trinajstić information content (AvgIpc) is 2.98. The van der Waals surface area contributed by atoms with E-state index >= 15 is 0 Å². The Bertz CT molecular complexity index is 929. The molecule has 3 aromatic rings. The Morgan fingerprint density at radius 2 is 1.96 bits per heavy atom. The van der Waals surface area contributed by atoms with Gasteiger partial charge in [0.1, 0.15) is 6.07 Å². The number of halogens is 1. The van der Waals surface area contributed by atoms with Crippen molar-refractivity contribution in [2.45, 2.75) is 0 Å². The highest BCUT2D eigenvalue weighted by Gasteiger charge is 2.10. The molecule has 0 unspecified atom stereocenters. The molecule has 6 nitrogen and oxygen atoms in total. The molecule has 118 valence electrons. The van der Waals surface area contributed by atoms with Crippen LogP contribution in [0.25, 0.3) is 11.6 Å². The van der Waals surface area contributed by atoms with Crippen molar-refractivity contribution in [3.05, 3.63) is 57.0 Å². The van der Waals surface area contributed by atoms with E-state index in [9.17, 15) is 5.26 Å². The summed E-state index contributed by atoms with van der Waals surface area (Å²) in [5.41, 5.74) is 6.89. The average molecular weight is 399 g/mol. The van der Waals surface area contributed by atoms with Gasteiger partial charge in [0.15, 0.2) is 5.82 Å². The van der Waals surface area contributed by atoms with Gasteiger partial charge in [-0.15, -0.1) is 11.3 Å². The Kier molecular flexibility index (Phi) is 4.84. The molecule has 0 fully saturated rings. The summed E-state index contributed by atoms with van der Waals surface area (Å²) in [5.74, 6) is 0.567. The molecule has 24 heavy (non-hydrogen) atoms. The van der Waals surface area contributed by atoms with Gasteiger partial charge in [0.25, 0.3) is 0 Å². The third-order valence-electron chi connectivity index (χ3n) is 2.92. The highest BCUT2D eigenvalue weighted by atomic mass is 79.9. The molecule has 0 radical (unpaired) electrons. The third kappa shape index (κ3) is 3.95. The second-order valence-corrected chi connectivity index (χ2v) is 7.14. The van der Waals surface area contributed by atoms with Crippen LogP contribution in [0.3, 0.4) is 0 Å². The van der Waals surface area contributed by atoms with E-state index in [0.717, 1.165) is 14.4 Å². The van der Waals surface area contributed by atoms with E-state index < -0.39 is 0 Å². The Morgan fingerprint density at radius 3 is 2.62 bits per heavy atom. The molecule has 2 heterocycles. The van der Waals surface area contributed by atoms with Crippen LogP contribution >= 0.6 is 27.3 Å². The van der Waals surface area contributed by atoms with Crippen molar-refractivity contribution in [3.8, 4) is 6.07 Å². The maximum atomic E-state index is 9.43. The molecule has 0 amide bonds. The topological polar surface area (TPSA) is 101 Å². The summed E-state index contributed by atoms with van der Waals surface area (Å²) in [6.07, 6.45) is 1.72. The van der Waals surface area contributed by atoms with Gasteiger partial charge in [0, 0.05) is 10.6 Å². The fourth-order valence-corrected chi connectivity index (χ4v) is 3.28. The summed E-state index contributed by atoms with van der Waals surface area (Å²) in [4.78, 5) is 13.3. The van der Waals surface area contributed by atoms with Crippen molar-refractivity contribution in [3.63, 3.8) is 0 Å². The molecule has 0 aliphatic rings. The van der Waals surface area contributed by atoms with Crippen molar-refractivity contribution in [1.29, 1.82) is 5.26 Å². The second kappa shape index (κ2) is 7.21. The van der Waals surface area contributed by atoms with Crippen molar-refractivity contribution < 1.29 is 0 Å². The first-order chi connectivity index (χ1) is 11.6. The van der Waals surface area contributed by atoms with E-state index in [1.807, 2.05) is 42.5 Å². The fourth-order valence-electron chi connectivity index (χ4n) is 1.91. The van der Waals surface area contributed by atoms with Crippen LogP contribution in [0.4, 0.5) is 17.6 Å². The second-order valence-electron chi connectivity index (χ2n) is 4.64. The van der Waals surface area contributed by atoms with Crippen LogP contribution in [0.1, 0.15) is 10.7 Å². The number of benzene rings is 1. The van der Waals surface area contributed by atoms with Gasteiger partial charge < -0.3 is 11.1 Å². The largest absolute Gasteiger partial charge is 0.368 e. The number of thiophene rings is 1. The third-order valence-corrected chi connectivity index (χ3v) is 4.50. The molecule has 0 saturated heterocycles. The molecule has 2 aromatic heterocycles. The number of rotatable bonds is 4. The SMILES string of the molecule is N#C/C(=C\c1ccc(Br)s1)c1nc(N)nc(Nc2ccccc2)n1. The quantitative estimate of drug-likeness (QED) is 0.641. The summed E-state index contributed by atoms with van der Waals surface area (Å²) < 4.78 is 0.979. The maximum Gasteiger partial charge on any atom is 0.232 e. The van der Waals surface area contributed by atoms with Crippen LogP contribution in [-0.2, 0) is 0 Å². The molecule has 3 N–H and O–H groups in total. The molecule has 0 spiro atoms. The number of nitriles is 1. The number of hydrogen-bond donors (Lipinski definition) is 2. The van der Waals surface area contributed by atoms with Crippen LogP contribution in [0, 0.1) is 11.3 Å². The lowest BCUT2D eigenvalue weighted by molar-refractivity contribution is 1.04. The molecule has 8 heteroatoms. The first-order valence-corrected chi connectivity index (χ1v) is 8.46. The number of hydrogen-bond acceptors (Lipinski definition) is 7. The highest BCUT2D eigenvalue weighted by Crippen LogP contribution is 2.26. The molecular weight excluding hydrogens is 388 g/mol. The van der Waals surface area contributed by atoms with Gasteiger partial charge in [-0.05, 0) is 46.3 Å². The van der Waals surface area contributed by atoms with Crippen LogP contribution in [0.2, 0.25) is 0 Å². The first kappa shape index (κ1) is 16.1. The number of nitrogens with zero attached hydrogens (tertiary/aromatic N) is 4. The minimum Gasteiger partial charge on any atom is -0.368 e. The summed E-state index contributed by atoms with van der Waals surface area (Å²) in [6, 6.07) is 15.4. The minimum atomic E-state index is 0.0481. The zero-order valence-electron chi connectivity index (χ0n) is 12.3. The molecular formula is C16H11BrN6S. The fraction of sp³-hybridized carbons (Fsp3) is 0. The predicted octanol–water partition coefficient (Wildman–Crippen LogP) is 4.09. The highest BCUT2D eigenvalue weighted by molar-refractivity contribution is 9.11. The van der Waals surface area contributed by atoms with Crippen molar-refractivity contribution in [2.24, 2.45) is 0 Å². The van der Waals surface area contributed by atoms with E-state index in [-0.39, 0.29) is 17.7 Å². The summed E-state index contributed by atoms with van der Waals surface area (Å²) in [5, 5.41) is 12.5.